The average molecular weight is 240 g/mol. The van der Waals surface area contributed by atoms with Gasteiger partial charge < -0.3 is 0 Å². The molecule has 2 aliphatic carbocycles. The van der Waals surface area contributed by atoms with Crippen molar-refractivity contribution >= 4 is 33.5 Å². The lowest BCUT2D eigenvalue weighted by atomic mass is 9.91. The second kappa shape index (κ2) is 3.50. The minimum Gasteiger partial charge on any atom is -0.225 e. The Labute approximate surface area is 99.1 Å². The average Bonchev–Trinajstić information content (AvgIpc) is 2.77. The van der Waals surface area contributed by atoms with E-state index in [9.17, 15) is 0 Å². The Morgan fingerprint density at radius 2 is 2.00 bits per heavy atom. The Bertz CT molecular complexity index is 435. The van der Waals surface area contributed by atoms with E-state index in [4.69, 9.17) is 23.2 Å². The molecular formula is C12H11Cl2N. The van der Waals surface area contributed by atoms with E-state index in [-0.39, 0.29) is 4.63 Å². The van der Waals surface area contributed by atoms with Gasteiger partial charge in [0, 0.05) is 0 Å². The van der Waals surface area contributed by atoms with Crippen LogP contribution in [0.15, 0.2) is 23.2 Å². The van der Waals surface area contributed by atoms with Gasteiger partial charge in [0.25, 0.3) is 0 Å². The van der Waals surface area contributed by atoms with Crippen molar-refractivity contribution in [3.8, 4) is 0 Å². The molecule has 0 aliphatic heterocycles. The largest absolute Gasteiger partial charge is 0.225 e. The van der Waals surface area contributed by atoms with Crippen molar-refractivity contribution in [1.82, 2.24) is 0 Å². The fourth-order valence-electron chi connectivity index (χ4n) is 3.09. The second-order valence-electron chi connectivity index (χ2n) is 4.34. The summed E-state index contributed by atoms with van der Waals surface area (Å²) in [6.45, 7) is 0. The number of halogens is 2. The van der Waals surface area contributed by atoms with Gasteiger partial charge in [0.05, 0.1) is 5.69 Å². The molecule has 2 bridgehead atoms. The zero-order valence-electron chi connectivity index (χ0n) is 8.21. The maximum absolute atomic E-state index is 5.63. The predicted octanol–water partition coefficient (Wildman–Crippen LogP) is 4.52. The summed E-state index contributed by atoms with van der Waals surface area (Å²) in [6, 6.07) is 6.28. The maximum atomic E-state index is 5.63. The van der Waals surface area contributed by atoms with E-state index in [1.54, 1.807) is 0 Å². The first-order chi connectivity index (χ1) is 7.25. The van der Waals surface area contributed by atoms with Gasteiger partial charge >= 0.3 is 0 Å². The molecule has 1 aromatic carbocycles. The second-order valence-corrected chi connectivity index (χ2v) is 5.25. The summed E-state index contributed by atoms with van der Waals surface area (Å²) in [5.41, 5.74) is 3.84. The molecule has 1 nitrogen and oxygen atoms in total. The van der Waals surface area contributed by atoms with Crippen LogP contribution in [0.3, 0.4) is 0 Å². The lowest BCUT2D eigenvalue weighted by molar-refractivity contribution is 0.718. The Morgan fingerprint density at radius 3 is 2.80 bits per heavy atom. The van der Waals surface area contributed by atoms with E-state index in [1.165, 1.54) is 30.4 Å². The van der Waals surface area contributed by atoms with Crippen LogP contribution in [-0.4, -0.2) is 4.63 Å². The van der Waals surface area contributed by atoms with Crippen molar-refractivity contribution in [3.05, 3.63) is 29.3 Å². The van der Waals surface area contributed by atoms with Gasteiger partial charge in [-0.25, -0.2) is 4.99 Å². The third-order valence-electron chi connectivity index (χ3n) is 3.60. The summed E-state index contributed by atoms with van der Waals surface area (Å²) in [5.74, 6) is 1.45. The Hall–Kier alpha value is -0.530. The van der Waals surface area contributed by atoms with E-state index in [2.05, 4.69) is 17.1 Å². The molecule has 0 saturated heterocycles. The highest BCUT2D eigenvalue weighted by molar-refractivity contribution is 6.95. The zero-order chi connectivity index (χ0) is 10.4. The van der Waals surface area contributed by atoms with Crippen LogP contribution >= 0.6 is 23.2 Å². The molecule has 1 aromatic rings. The van der Waals surface area contributed by atoms with E-state index in [0.717, 1.165) is 11.6 Å². The third kappa shape index (κ3) is 1.49. The monoisotopic (exact) mass is 239 g/mol. The summed E-state index contributed by atoms with van der Waals surface area (Å²) >= 11 is 11.3. The van der Waals surface area contributed by atoms with Crippen LogP contribution in [0, 0.1) is 0 Å². The van der Waals surface area contributed by atoms with Gasteiger partial charge in [0.2, 0.25) is 0 Å². The molecule has 15 heavy (non-hydrogen) atoms. The standard InChI is InChI=1S/C12H11Cl2N/c13-12(14)15-10-3-1-2-9-7-4-5-8(6-7)11(9)10/h1-3,7-8H,4-6H2. The quantitative estimate of drug-likeness (QED) is 0.640. The Morgan fingerprint density at radius 1 is 1.20 bits per heavy atom. The van der Waals surface area contributed by atoms with Crippen LogP contribution < -0.4 is 0 Å². The molecule has 78 valence electrons. The number of hydrogen-bond donors (Lipinski definition) is 0. The normalized spacial score (nSPS) is 26.5. The fraction of sp³-hybridized carbons (Fsp3) is 0.417. The Kier molecular flexibility index (Phi) is 2.26. The van der Waals surface area contributed by atoms with Crippen molar-refractivity contribution in [2.75, 3.05) is 0 Å². The highest BCUT2D eigenvalue weighted by Crippen LogP contribution is 2.55. The summed E-state index contributed by atoms with van der Waals surface area (Å²) in [4.78, 5) is 4.20. The Balaban J connectivity index is 2.15. The number of hydrogen-bond acceptors (Lipinski definition) is 1. The summed E-state index contributed by atoms with van der Waals surface area (Å²) in [7, 11) is 0. The van der Waals surface area contributed by atoms with Crippen LogP contribution in [0.1, 0.15) is 42.2 Å². The molecule has 1 fully saturated rings. The first-order valence-electron chi connectivity index (χ1n) is 5.28. The van der Waals surface area contributed by atoms with Crippen LogP contribution in [0.2, 0.25) is 0 Å². The molecule has 0 heterocycles. The number of benzene rings is 1. The zero-order valence-corrected chi connectivity index (χ0v) is 9.72. The molecule has 2 aliphatic rings. The number of rotatable bonds is 1. The highest BCUT2D eigenvalue weighted by Gasteiger charge is 2.38. The van der Waals surface area contributed by atoms with Crippen LogP contribution in [0.25, 0.3) is 0 Å². The molecule has 0 amide bonds. The summed E-state index contributed by atoms with van der Waals surface area (Å²) in [6.07, 6.45) is 3.92. The van der Waals surface area contributed by atoms with Crippen molar-refractivity contribution in [2.24, 2.45) is 4.99 Å². The van der Waals surface area contributed by atoms with Gasteiger partial charge in [0.1, 0.15) is 0 Å². The smallest absolute Gasteiger partial charge is 0.197 e. The SMILES string of the molecule is ClC(Cl)=Nc1cccc2c1C1CCC2C1. The maximum Gasteiger partial charge on any atom is 0.197 e. The first kappa shape index (κ1) is 9.68. The van der Waals surface area contributed by atoms with E-state index >= 15 is 0 Å². The topological polar surface area (TPSA) is 12.4 Å². The van der Waals surface area contributed by atoms with Crippen LogP contribution in [-0.2, 0) is 0 Å². The van der Waals surface area contributed by atoms with Crippen LogP contribution in [0.5, 0.6) is 0 Å². The fourth-order valence-corrected chi connectivity index (χ4v) is 3.27. The van der Waals surface area contributed by atoms with Crippen LogP contribution in [0.4, 0.5) is 5.69 Å². The van der Waals surface area contributed by atoms with Crippen molar-refractivity contribution in [1.29, 1.82) is 0 Å². The van der Waals surface area contributed by atoms with Crippen molar-refractivity contribution in [3.63, 3.8) is 0 Å². The minimum atomic E-state index is 0.103. The molecule has 2 atom stereocenters. The van der Waals surface area contributed by atoms with E-state index in [0.29, 0.717) is 5.92 Å². The molecule has 0 N–H and O–H groups in total. The lowest BCUT2D eigenvalue weighted by Crippen LogP contribution is -1.97. The van der Waals surface area contributed by atoms with Gasteiger partial charge in [-0.3, -0.25) is 0 Å². The molecule has 0 aromatic heterocycles. The third-order valence-corrected chi connectivity index (χ3v) is 3.77. The van der Waals surface area contributed by atoms with Crippen molar-refractivity contribution in [2.45, 2.75) is 31.1 Å². The number of nitrogens with zero attached hydrogens (tertiary/aromatic N) is 1. The molecule has 0 spiro atoms. The van der Waals surface area contributed by atoms with Gasteiger partial charge in [-0.05, 0) is 71.5 Å². The minimum absolute atomic E-state index is 0.103. The molecule has 1 saturated carbocycles. The van der Waals surface area contributed by atoms with Gasteiger partial charge in [-0.2, -0.15) is 0 Å². The molecule has 3 heteroatoms. The van der Waals surface area contributed by atoms with Crippen molar-refractivity contribution < 1.29 is 0 Å². The number of aliphatic imine (C=N–C) groups is 1. The first-order valence-corrected chi connectivity index (χ1v) is 6.04. The summed E-state index contributed by atoms with van der Waals surface area (Å²) in [5, 5.41) is 0. The molecule has 3 rings (SSSR count). The van der Waals surface area contributed by atoms with Gasteiger partial charge in [0.15, 0.2) is 4.63 Å². The van der Waals surface area contributed by atoms with Gasteiger partial charge in [-0.1, -0.05) is 12.1 Å². The summed E-state index contributed by atoms with van der Waals surface area (Å²) < 4.78 is 0.103. The molecule has 2 unspecified atom stereocenters. The number of fused-ring (bicyclic) bond motifs is 5. The highest BCUT2D eigenvalue weighted by atomic mass is 35.5. The lowest BCUT2D eigenvalue weighted by Gasteiger charge is -2.16. The predicted molar refractivity (Wildman–Crippen MR) is 64.6 cm³/mol. The van der Waals surface area contributed by atoms with E-state index < -0.39 is 0 Å². The molecule has 0 radical (unpaired) electrons. The van der Waals surface area contributed by atoms with E-state index in [1.807, 2.05) is 6.07 Å². The van der Waals surface area contributed by atoms with Gasteiger partial charge in [-0.15, -0.1) is 0 Å². The molecular weight excluding hydrogens is 229 g/mol.